The van der Waals surface area contributed by atoms with Crippen LogP contribution in [0.25, 0.3) is 11.1 Å². The molecule has 0 radical (unpaired) electrons. The Morgan fingerprint density at radius 3 is 2.31 bits per heavy atom. The number of nitriles is 1. The molecule has 0 unspecified atom stereocenters. The van der Waals surface area contributed by atoms with Crippen molar-refractivity contribution in [3.63, 3.8) is 0 Å². The normalized spacial score (nSPS) is 9.75. The van der Waals surface area contributed by atoms with Gasteiger partial charge in [-0.3, -0.25) is 0 Å². The second-order valence-corrected chi connectivity index (χ2v) is 4.27. The van der Waals surface area contributed by atoms with E-state index in [-0.39, 0.29) is 0 Å². The van der Waals surface area contributed by atoms with E-state index in [1.54, 1.807) is 11.8 Å². The zero-order chi connectivity index (χ0) is 11.4. The second kappa shape index (κ2) is 4.87. The first-order valence-corrected chi connectivity index (χ1v) is 6.21. The molecule has 0 aliphatic rings. The Bertz CT molecular complexity index is 523. The Morgan fingerprint density at radius 2 is 1.69 bits per heavy atom. The molecule has 0 aromatic heterocycles. The molecule has 78 valence electrons. The maximum absolute atomic E-state index is 9.03. The van der Waals surface area contributed by atoms with E-state index in [2.05, 4.69) is 36.6 Å². The van der Waals surface area contributed by atoms with Crippen LogP contribution in [0.4, 0.5) is 0 Å². The minimum absolute atomic E-state index is 0.722. The van der Waals surface area contributed by atoms with Gasteiger partial charge in [-0.05, 0) is 35.6 Å². The van der Waals surface area contributed by atoms with Crippen molar-refractivity contribution in [1.82, 2.24) is 0 Å². The fourth-order valence-electron chi connectivity index (χ4n) is 1.60. The van der Waals surface area contributed by atoms with Crippen LogP contribution in [0.1, 0.15) is 5.56 Å². The summed E-state index contributed by atoms with van der Waals surface area (Å²) >= 11 is 1.72. The SMILES string of the molecule is CSc1ccc(-c2ccccc2C#N)cc1. The molecule has 2 heteroatoms. The summed E-state index contributed by atoms with van der Waals surface area (Å²) in [6.45, 7) is 0. The molecule has 2 aromatic carbocycles. The largest absolute Gasteiger partial charge is 0.192 e. The van der Waals surface area contributed by atoms with Gasteiger partial charge in [-0.1, -0.05) is 30.3 Å². The van der Waals surface area contributed by atoms with Crippen LogP contribution in [-0.4, -0.2) is 6.26 Å². The van der Waals surface area contributed by atoms with Crippen LogP contribution in [0, 0.1) is 11.3 Å². The van der Waals surface area contributed by atoms with Crippen LogP contribution in [0.5, 0.6) is 0 Å². The lowest BCUT2D eigenvalue weighted by Crippen LogP contribution is -1.83. The number of hydrogen-bond donors (Lipinski definition) is 0. The van der Waals surface area contributed by atoms with Gasteiger partial charge in [0.15, 0.2) is 0 Å². The van der Waals surface area contributed by atoms with Crippen molar-refractivity contribution >= 4 is 11.8 Å². The smallest absolute Gasteiger partial charge is 0.0998 e. The maximum atomic E-state index is 9.03. The quantitative estimate of drug-likeness (QED) is 0.723. The molecule has 0 atom stereocenters. The lowest BCUT2D eigenvalue weighted by atomic mass is 10.0. The van der Waals surface area contributed by atoms with Gasteiger partial charge >= 0.3 is 0 Å². The Morgan fingerprint density at radius 1 is 1.00 bits per heavy atom. The molecule has 0 saturated heterocycles. The highest BCUT2D eigenvalue weighted by molar-refractivity contribution is 7.98. The van der Waals surface area contributed by atoms with Crippen molar-refractivity contribution in [2.75, 3.05) is 6.26 Å². The van der Waals surface area contributed by atoms with E-state index in [0.29, 0.717) is 0 Å². The standard InChI is InChI=1S/C14H11NS/c1-16-13-8-6-11(7-9-13)14-5-3-2-4-12(14)10-15/h2-9H,1H3. The van der Waals surface area contributed by atoms with E-state index in [1.165, 1.54) is 4.90 Å². The first-order valence-electron chi connectivity index (χ1n) is 4.98. The summed E-state index contributed by atoms with van der Waals surface area (Å²) in [7, 11) is 0. The van der Waals surface area contributed by atoms with Gasteiger partial charge in [-0.15, -0.1) is 11.8 Å². The van der Waals surface area contributed by atoms with E-state index in [4.69, 9.17) is 5.26 Å². The van der Waals surface area contributed by atoms with E-state index < -0.39 is 0 Å². The van der Waals surface area contributed by atoms with Crippen LogP contribution in [0.3, 0.4) is 0 Å². The topological polar surface area (TPSA) is 23.8 Å². The van der Waals surface area contributed by atoms with E-state index in [0.717, 1.165) is 16.7 Å². The molecule has 16 heavy (non-hydrogen) atoms. The average molecular weight is 225 g/mol. The molecule has 0 spiro atoms. The van der Waals surface area contributed by atoms with Crippen molar-refractivity contribution < 1.29 is 0 Å². The highest BCUT2D eigenvalue weighted by atomic mass is 32.2. The van der Waals surface area contributed by atoms with Crippen LogP contribution < -0.4 is 0 Å². The number of benzene rings is 2. The van der Waals surface area contributed by atoms with Gasteiger partial charge in [-0.2, -0.15) is 5.26 Å². The van der Waals surface area contributed by atoms with Crippen molar-refractivity contribution in [1.29, 1.82) is 5.26 Å². The van der Waals surface area contributed by atoms with Gasteiger partial charge in [0.25, 0.3) is 0 Å². The predicted molar refractivity (Wildman–Crippen MR) is 68.4 cm³/mol. The van der Waals surface area contributed by atoms with Crippen LogP contribution in [0.15, 0.2) is 53.4 Å². The van der Waals surface area contributed by atoms with Gasteiger partial charge in [-0.25, -0.2) is 0 Å². The summed E-state index contributed by atoms with van der Waals surface area (Å²) in [5.41, 5.74) is 2.81. The number of nitrogens with zero attached hydrogens (tertiary/aromatic N) is 1. The zero-order valence-corrected chi connectivity index (χ0v) is 9.79. The highest BCUT2D eigenvalue weighted by Crippen LogP contribution is 2.25. The summed E-state index contributed by atoms with van der Waals surface area (Å²) in [5.74, 6) is 0. The highest BCUT2D eigenvalue weighted by Gasteiger charge is 2.03. The first-order chi connectivity index (χ1) is 7.85. The first kappa shape index (κ1) is 10.8. The minimum atomic E-state index is 0.722. The monoisotopic (exact) mass is 225 g/mol. The lowest BCUT2D eigenvalue weighted by Gasteiger charge is -2.04. The number of rotatable bonds is 2. The molecule has 0 aliphatic heterocycles. The average Bonchev–Trinajstić information content (AvgIpc) is 2.39. The van der Waals surface area contributed by atoms with Crippen molar-refractivity contribution in [2.45, 2.75) is 4.90 Å². The molecular formula is C14H11NS. The van der Waals surface area contributed by atoms with Gasteiger partial charge < -0.3 is 0 Å². The maximum Gasteiger partial charge on any atom is 0.0998 e. The van der Waals surface area contributed by atoms with Crippen molar-refractivity contribution in [2.24, 2.45) is 0 Å². The molecule has 0 N–H and O–H groups in total. The minimum Gasteiger partial charge on any atom is -0.192 e. The predicted octanol–water partition coefficient (Wildman–Crippen LogP) is 3.95. The molecule has 0 heterocycles. The van der Waals surface area contributed by atoms with Gasteiger partial charge in [0.2, 0.25) is 0 Å². The van der Waals surface area contributed by atoms with Crippen molar-refractivity contribution in [3.05, 3.63) is 54.1 Å². The molecule has 2 rings (SSSR count). The molecule has 0 fully saturated rings. The second-order valence-electron chi connectivity index (χ2n) is 3.39. The van der Waals surface area contributed by atoms with Crippen molar-refractivity contribution in [3.8, 4) is 17.2 Å². The Kier molecular flexibility index (Phi) is 3.28. The number of hydrogen-bond acceptors (Lipinski definition) is 2. The van der Waals surface area contributed by atoms with Gasteiger partial charge in [0, 0.05) is 4.90 Å². The Hall–Kier alpha value is -1.72. The summed E-state index contributed by atoms with van der Waals surface area (Å²) < 4.78 is 0. The molecule has 0 amide bonds. The zero-order valence-electron chi connectivity index (χ0n) is 8.97. The fraction of sp³-hybridized carbons (Fsp3) is 0.0714. The third kappa shape index (κ3) is 2.10. The van der Waals surface area contributed by atoms with Gasteiger partial charge in [0.1, 0.15) is 0 Å². The summed E-state index contributed by atoms with van der Waals surface area (Å²) in [4.78, 5) is 1.23. The van der Waals surface area contributed by atoms with Crippen LogP contribution >= 0.6 is 11.8 Å². The summed E-state index contributed by atoms with van der Waals surface area (Å²) in [6.07, 6.45) is 2.05. The summed E-state index contributed by atoms with van der Waals surface area (Å²) in [6, 6.07) is 18.2. The molecule has 0 saturated carbocycles. The van der Waals surface area contributed by atoms with Crippen LogP contribution in [-0.2, 0) is 0 Å². The Balaban J connectivity index is 2.47. The molecule has 1 nitrogen and oxygen atoms in total. The van der Waals surface area contributed by atoms with Crippen LogP contribution in [0.2, 0.25) is 0 Å². The van der Waals surface area contributed by atoms with E-state index in [9.17, 15) is 0 Å². The molecular weight excluding hydrogens is 214 g/mol. The summed E-state index contributed by atoms with van der Waals surface area (Å²) in [5, 5.41) is 9.03. The van der Waals surface area contributed by atoms with Gasteiger partial charge in [0.05, 0.1) is 11.6 Å². The fourth-order valence-corrected chi connectivity index (χ4v) is 2.01. The third-order valence-corrected chi connectivity index (χ3v) is 3.19. The number of thioether (sulfide) groups is 1. The molecule has 0 bridgehead atoms. The van der Waals surface area contributed by atoms with E-state index in [1.807, 2.05) is 24.3 Å². The third-order valence-electron chi connectivity index (χ3n) is 2.45. The Labute approximate surface area is 99.7 Å². The molecule has 0 aliphatic carbocycles. The van der Waals surface area contributed by atoms with E-state index >= 15 is 0 Å². The lowest BCUT2D eigenvalue weighted by molar-refractivity contribution is 1.44. The molecule has 2 aromatic rings.